The number of Topliss-reactive ketones (excluding diaryl/α,β-unsaturated/α-hetero) is 2. The SMILES string of the molecule is C/C(CC(=O)c1ccccc1)=C(/C)CC(=O)c1ccccc1. The molecule has 0 atom stereocenters. The lowest BCUT2D eigenvalue weighted by Crippen LogP contribution is -2.04. The van der Waals surface area contributed by atoms with Crippen LogP contribution in [0.2, 0.25) is 0 Å². The van der Waals surface area contributed by atoms with Crippen molar-refractivity contribution in [1.82, 2.24) is 0 Å². The van der Waals surface area contributed by atoms with Gasteiger partial charge in [-0.25, -0.2) is 0 Å². The maximum Gasteiger partial charge on any atom is 0.166 e. The van der Waals surface area contributed by atoms with Gasteiger partial charge in [0.1, 0.15) is 0 Å². The smallest absolute Gasteiger partial charge is 0.166 e. The molecule has 0 saturated carbocycles. The first kappa shape index (κ1) is 15.9. The molecule has 22 heavy (non-hydrogen) atoms. The van der Waals surface area contributed by atoms with Crippen LogP contribution in [0.25, 0.3) is 0 Å². The molecular formula is C20H20O2. The van der Waals surface area contributed by atoms with E-state index in [4.69, 9.17) is 0 Å². The van der Waals surface area contributed by atoms with E-state index in [-0.39, 0.29) is 11.6 Å². The van der Waals surface area contributed by atoms with E-state index in [9.17, 15) is 9.59 Å². The summed E-state index contributed by atoms with van der Waals surface area (Å²) in [5, 5.41) is 0. The molecule has 2 heteroatoms. The molecule has 0 aromatic heterocycles. The standard InChI is InChI=1S/C20H20O2/c1-15(13-19(21)17-9-5-3-6-10-17)16(2)14-20(22)18-11-7-4-8-12-18/h3-12H,13-14H2,1-2H3/b16-15+. The van der Waals surface area contributed by atoms with Crippen LogP contribution in [0, 0.1) is 0 Å². The zero-order valence-corrected chi connectivity index (χ0v) is 13.0. The molecule has 2 rings (SSSR count). The molecule has 0 amide bonds. The second kappa shape index (κ2) is 7.51. The van der Waals surface area contributed by atoms with Gasteiger partial charge in [0.25, 0.3) is 0 Å². The van der Waals surface area contributed by atoms with E-state index >= 15 is 0 Å². The summed E-state index contributed by atoms with van der Waals surface area (Å²) in [6.45, 7) is 3.85. The van der Waals surface area contributed by atoms with Crippen LogP contribution in [0.15, 0.2) is 71.8 Å². The Kier molecular flexibility index (Phi) is 5.42. The Balaban J connectivity index is 2.03. The van der Waals surface area contributed by atoms with Gasteiger partial charge in [0.05, 0.1) is 0 Å². The van der Waals surface area contributed by atoms with Crippen molar-refractivity contribution in [2.45, 2.75) is 26.7 Å². The third-order valence-electron chi connectivity index (χ3n) is 3.77. The molecule has 2 aromatic carbocycles. The van der Waals surface area contributed by atoms with Crippen LogP contribution in [-0.2, 0) is 0 Å². The van der Waals surface area contributed by atoms with Crippen LogP contribution >= 0.6 is 0 Å². The maximum atomic E-state index is 12.2. The van der Waals surface area contributed by atoms with Crippen LogP contribution in [-0.4, -0.2) is 11.6 Å². The van der Waals surface area contributed by atoms with Crippen molar-refractivity contribution in [2.75, 3.05) is 0 Å². The van der Waals surface area contributed by atoms with Gasteiger partial charge in [0.15, 0.2) is 11.6 Å². The molecule has 0 radical (unpaired) electrons. The zero-order chi connectivity index (χ0) is 15.9. The molecule has 0 aliphatic rings. The van der Waals surface area contributed by atoms with Gasteiger partial charge in [-0.1, -0.05) is 71.8 Å². The van der Waals surface area contributed by atoms with E-state index in [1.807, 2.05) is 74.5 Å². The fourth-order valence-electron chi connectivity index (χ4n) is 2.24. The summed E-state index contributed by atoms with van der Waals surface area (Å²) in [6, 6.07) is 18.5. The summed E-state index contributed by atoms with van der Waals surface area (Å²) in [5.41, 5.74) is 3.37. The first-order valence-electron chi connectivity index (χ1n) is 7.39. The van der Waals surface area contributed by atoms with E-state index < -0.39 is 0 Å². The highest BCUT2D eigenvalue weighted by atomic mass is 16.1. The van der Waals surface area contributed by atoms with E-state index in [0.717, 1.165) is 11.1 Å². The molecule has 0 aliphatic heterocycles. The second-order valence-corrected chi connectivity index (χ2v) is 5.49. The van der Waals surface area contributed by atoms with Crippen LogP contribution in [0.4, 0.5) is 0 Å². The van der Waals surface area contributed by atoms with Gasteiger partial charge in [0.2, 0.25) is 0 Å². The van der Waals surface area contributed by atoms with Gasteiger partial charge in [0, 0.05) is 24.0 Å². The van der Waals surface area contributed by atoms with E-state index in [1.54, 1.807) is 0 Å². The van der Waals surface area contributed by atoms with Crippen LogP contribution < -0.4 is 0 Å². The monoisotopic (exact) mass is 292 g/mol. The highest BCUT2D eigenvalue weighted by Gasteiger charge is 2.11. The molecule has 0 heterocycles. The van der Waals surface area contributed by atoms with Gasteiger partial charge < -0.3 is 0 Å². The van der Waals surface area contributed by atoms with Crippen molar-refractivity contribution >= 4 is 11.6 Å². The number of allylic oxidation sites excluding steroid dienone is 2. The number of rotatable bonds is 6. The van der Waals surface area contributed by atoms with Crippen LogP contribution in [0.5, 0.6) is 0 Å². The van der Waals surface area contributed by atoms with Gasteiger partial charge in [-0.05, 0) is 13.8 Å². The first-order valence-corrected chi connectivity index (χ1v) is 7.39. The number of hydrogen-bond acceptors (Lipinski definition) is 2. The average molecular weight is 292 g/mol. The van der Waals surface area contributed by atoms with Crippen LogP contribution in [0.1, 0.15) is 47.4 Å². The quantitative estimate of drug-likeness (QED) is 0.562. The topological polar surface area (TPSA) is 34.1 Å². The summed E-state index contributed by atoms with van der Waals surface area (Å²) < 4.78 is 0. The van der Waals surface area contributed by atoms with Crippen molar-refractivity contribution < 1.29 is 9.59 Å². The lowest BCUT2D eigenvalue weighted by Gasteiger charge is -2.07. The summed E-state index contributed by atoms with van der Waals surface area (Å²) in [7, 11) is 0. The van der Waals surface area contributed by atoms with E-state index in [0.29, 0.717) is 24.0 Å². The van der Waals surface area contributed by atoms with Gasteiger partial charge in [-0.3, -0.25) is 9.59 Å². The summed E-state index contributed by atoms with van der Waals surface area (Å²) >= 11 is 0. The maximum absolute atomic E-state index is 12.2. The Bertz CT molecular complexity index is 621. The van der Waals surface area contributed by atoms with Crippen molar-refractivity contribution in [3.05, 3.63) is 82.9 Å². The molecule has 0 N–H and O–H groups in total. The van der Waals surface area contributed by atoms with Crippen molar-refractivity contribution in [3.8, 4) is 0 Å². The molecule has 0 saturated heterocycles. The highest BCUT2D eigenvalue weighted by molar-refractivity contribution is 5.99. The van der Waals surface area contributed by atoms with Crippen LogP contribution in [0.3, 0.4) is 0 Å². The highest BCUT2D eigenvalue weighted by Crippen LogP contribution is 2.17. The minimum absolute atomic E-state index is 0.0876. The van der Waals surface area contributed by atoms with Crippen molar-refractivity contribution in [1.29, 1.82) is 0 Å². The number of carbonyl (C=O) groups excluding carboxylic acids is 2. The Morgan fingerprint density at radius 1 is 0.636 bits per heavy atom. The molecule has 0 unspecified atom stereocenters. The second-order valence-electron chi connectivity index (χ2n) is 5.49. The van der Waals surface area contributed by atoms with Crippen molar-refractivity contribution in [3.63, 3.8) is 0 Å². The van der Waals surface area contributed by atoms with Gasteiger partial charge in [-0.15, -0.1) is 0 Å². The molecule has 112 valence electrons. The largest absolute Gasteiger partial charge is 0.294 e. The fourth-order valence-corrected chi connectivity index (χ4v) is 2.24. The molecule has 0 fully saturated rings. The molecule has 2 aromatic rings. The molecule has 0 spiro atoms. The van der Waals surface area contributed by atoms with E-state index in [2.05, 4.69) is 0 Å². The summed E-state index contributed by atoms with van der Waals surface area (Å²) in [5.74, 6) is 0.175. The minimum Gasteiger partial charge on any atom is -0.294 e. The molecule has 0 aliphatic carbocycles. The summed E-state index contributed by atoms with van der Waals surface area (Å²) in [6.07, 6.45) is 0.718. The Morgan fingerprint density at radius 2 is 0.955 bits per heavy atom. The van der Waals surface area contributed by atoms with Gasteiger partial charge in [-0.2, -0.15) is 0 Å². The minimum atomic E-state index is 0.0876. The first-order chi connectivity index (χ1) is 10.6. The Morgan fingerprint density at radius 3 is 1.27 bits per heavy atom. The number of carbonyl (C=O) groups is 2. The van der Waals surface area contributed by atoms with Gasteiger partial charge >= 0.3 is 0 Å². The van der Waals surface area contributed by atoms with Crippen molar-refractivity contribution in [2.24, 2.45) is 0 Å². The third-order valence-corrected chi connectivity index (χ3v) is 3.77. The number of benzene rings is 2. The Hall–Kier alpha value is -2.48. The molecule has 2 nitrogen and oxygen atoms in total. The average Bonchev–Trinajstić information content (AvgIpc) is 2.56. The predicted molar refractivity (Wildman–Crippen MR) is 89.2 cm³/mol. The number of ketones is 2. The normalized spacial score (nSPS) is 11.7. The fraction of sp³-hybridized carbons (Fsp3) is 0.200. The zero-order valence-electron chi connectivity index (χ0n) is 13.0. The predicted octanol–water partition coefficient (Wildman–Crippen LogP) is 4.87. The lowest BCUT2D eigenvalue weighted by molar-refractivity contribution is 0.0979. The lowest BCUT2D eigenvalue weighted by atomic mass is 9.96. The number of hydrogen-bond donors (Lipinski definition) is 0. The third kappa shape index (κ3) is 4.26. The Labute approximate surface area is 131 Å². The summed E-state index contributed by atoms with van der Waals surface area (Å²) in [4.78, 5) is 24.4. The molecule has 0 bridgehead atoms. The molecular weight excluding hydrogens is 272 g/mol. The van der Waals surface area contributed by atoms with E-state index in [1.165, 1.54) is 0 Å².